The van der Waals surface area contributed by atoms with Crippen LogP contribution in [0.25, 0.3) is 0 Å². The molecule has 0 aliphatic carbocycles. The zero-order valence-electron chi connectivity index (χ0n) is 10.5. The van der Waals surface area contributed by atoms with Gasteiger partial charge in [-0.25, -0.2) is 0 Å². The van der Waals surface area contributed by atoms with E-state index in [2.05, 4.69) is 5.32 Å². The smallest absolute Gasteiger partial charge is 0.255 e. The highest BCUT2D eigenvalue weighted by molar-refractivity contribution is 6.43. The summed E-state index contributed by atoms with van der Waals surface area (Å²) in [6.07, 6.45) is 2.39. The lowest BCUT2D eigenvalue weighted by atomic mass is 9.94. The monoisotopic (exact) mass is 298 g/mol. The number of nitrogens with one attached hydrogen (secondary N) is 1. The molecule has 0 radical (unpaired) electrons. The van der Waals surface area contributed by atoms with E-state index in [9.17, 15) is 4.79 Å². The second-order valence-electron chi connectivity index (χ2n) is 5.27. The highest BCUT2D eigenvalue weighted by atomic mass is 35.5. The van der Waals surface area contributed by atoms with Gasteiger partial charge in [-0.1, -0.05) is 29.3 Å². The summed E-state index contributed by atoms with van der Waals surface area (Å²) in [5, 5.41) is 4.28. The van der Waals surface area contributed by atoms with Crippen molar-refractivity contribution in [2.45, 2.75) is 18.9 Å². The van der Waals surface area contributed by atoms with Crippen LogP contribution in [0.4, 0.5) is 0 Å². The molecule has 5 heteroatoms. The molecule has 2 saturated heterocycles. The zero-order chi connectivity index (χ0) is 13.4. The average molecular weight is 299 g/mol. The van der Waals surface area contributed by atoms with Crippen LogP contribution in [-0.2, 0) is 0 Å². The maximum atomic E-state index is 12.5. The first-order valence-corrected chi connectivity index (χ1v) is 7.39. The standard InChI is InChI=1S/C14H16Cl2N2O/c15-11-5-1-4-10(13(11)16)14(19)18-7-9-3-2-6-17-12(9)8-18/h1,4-5,9,12,17H,2-3,6-8H2. The number of likely N-dealkylation sites (tertiary alicyclic amines) is 1. The molecule has 19 heavy (non-hydrogen) atoms. The molecule has 2 aliphatic rings. The quantitative estimate of drug-likeness (QED) is 0.865. The molecule has 102 valence electrons. The van der Waals surface area contributed by atoms with E-state index in [1.807, 2.05) is 4.90 Å². The number of fused-ring (bicyclic) bond motifs is 1. The summed E-state index contributed by atoms with van der Waals surface area (Å²) < 4.78 is 0. The summed E-state index contributed by atoms with van der Waals surface area (Å²) in [5.41, 5.74) is 0.507. The fraction of sp³-hybridized carbons (Fsp3) is 0.500. The Balaban J connectivity index is 1.79. The number of benzene rings is 1. The van der Waals surface area contributed by atoms with Gasteiger partial charge in [-0.15, -0.1) is 0 Å². The lowest BCUT2D eigenvalue weighted by molar-refractivity contribution is 0.0786. The van der Waals surface area contributed by atoms with Crippen molar-refractivity contribution >= 4 is 29.1 Å². The number of hydrogen-bond acceptors (Lipinski definition) is 2. The van der Waals surface area contributed by atoms with E-state index in [1.54, 1.807) is 18.2 Å². The fourth-order valence-electron chi connectivity index (χ4n) is 3.05. The second-order valence-corrected chi connectivity index (χ2v) is 6.06. The number of piperidine rings is 1. The van der Waals surface area contributed by atoms with Crippen molar-refractivity contribution in [2.24, 2.45) is 5.92 Å². The zero-order valence-corrected chi connectivity index (χ0v) is 12.0. The molecule has 2 unspecified atom stereocenters. The lowest BCUT2D eigenvalue weighted by Gasteiger charge is -2.24. The predicted octanol–water partition coefficient (Wildman–Crippen LogP) is 2.82. The third-order valence-corrected chi connectivity index (χ3v) is 4.89. The molecule has 3 rings (SSSR count). The molecule has 0 saturated carbocycles. The molecule has 0 bridgehead atoms. The number of nitrogens with zero attached hydrogens (tertiary/aromatic N) is 1. The number of carbonyl (C=O) groups excluding carboxylic acids is 1. The molecule has 2 atom stereocenters. The Kier molecular flexibility index (Phi) is 3.70. The van der Waals surface area contributed by atoms with Crippen molar-refractivity contribution in [3.05, 3.63) is 33.8 Å². The van der Waals surface area contributed by atoms with Gasteiger partial charge >= 0.3 is 0 Å². The van der Waals surface area contributed by atoms with Gasteiger partial charge in [0.25, 0.3) is 5.91 Å². The number of hydrogen-bond donors (Lipinski definition) is 1. The van der Waals surface area contributed by atoms with Crippen molar-refractivity contribution < 1.29 is 4.79 Å². The molecule has 0 spiro atoms. The number of carbonyl (C=O) groups is 1. The van der Waals surface area contributed by atoms with E-state index in [1.165, 1.54) is 12.8 Å². The minimum Gasteiger partial charge on any atom is -0.337 e. The Labute approximate surface area is 122 Å². The number of halogens is 2. The van der Waals surface area contributed by atoms with E-state index >= 15 is 0 Å². The van der Waals surface area contributed by atoms with Crippen LogP contribution in [0.15, 0.2) is 18.2 Å². The van der Waals surface area contributed by atoms with Crippen LogP contribution in [0, 0.1) is 5.92 Å². The minimum atomic E-state index is -0.0105. The molecule has 1 amide bonds. The van der Waals surface area contributed by atoms with Crippen LogP contribution in [0.2, 0.25) is 10.0 Å². The highest BCUT2D eigenvalue weighted by Crippen LogP contribution is 2.30. The van der Waals surface area contributed by atoms with Gasteiger partial charge in [-0.3, -0.25) is 4.79 Å². The predicted molar refractivity (Wildman–Crippen MR) is 76.9 cm³/mol. The number of amides is 1. The molecule has 0 aromatic heterocycles. The van der Waals surface area contributed by atoms with Gasteiger partial charge in [0.05, 0.1) is 15.6 Å². The molecule has 2 aliphatic heterocycles. The lowest BCUT2D eigenvalue weighted by Crippen LogP contribution is -2.41. The molecule has 3 nitrogen and oxygen atoms in total. The molecule has 1 aromatic carbocycles. The van der Waals surface area contributed by atoms with E-state index in [0.29, 0.717) is 27.6 Å². The van der Waals surface area contributed by atoms with Crippen LogP contribution in [-0.4, -0.2) is 36.5 Å². The van der Waals surface area contributed by atoms with Crippen molar-refractivity contribution in [2.75, 3.05) is 19.6 Å². The SMILES string of the molecule is O=C(c1cccc(Cl)c1Cl)N1CC2CCCNC2C1. The molecule has 2 heterocycles. The molecule has 2 fully saturated rings. The first kappa shape index (κ1) is 13.2. The third-order valence-electron chi connectivity index (χ3n) is 4.07. The van der Waals surface area contributed by atoms with Gasteiger partial charge in [0.2, 0.25) is 0 Å². The topological polar surface area (TPSA) is 32.3 Å². The van der Waals surface area contributed by atoms with Crippen LogP contribution in [0.1, 0.15) is 23.2 Å². The van der Waals surface area contributed by atoms with Gasteiger partial charge in [0, 0.05) is 19.1 Å². The van der Waals surface area contributed by atoms with Crippen LogP contribution < -0.4 is 5.32 Å². The Morgan fingerprint density at radius 2 is 2.16 bits per heavy atom. The van der Waals surface area contributed by atoms with E-state index in [0.717, 1.165) is 19.6 Å². The maximum absolute atomic E-state index is 12.5. The van der Waals surface area contributed by atoms with Gasteiger partial charge in [0.1, 0.15) is 0 Å². The molecule has 1 aromatic rings. The summed E-state index contributed by atoms with van der Waals surface area (Å²) in [4.78, 5) is 14.4. The van der Waals surface area contributed by atoms with Gasteiger partial charge in [-0.05, 0) is 37.4 Å². The molecular weight excluding hydrogens is 283 g/mol. The van der Waals surface area contributed by atoms with E-state index in [-0.39, 0.29) is 5.91 Å². The summed E-state index contributed by atoms with van der Waals surface area (Å²) >= 11 is 12.1. The van der Waals surface area contributed by atoms with E-state index in [4.69, 9.17) is 23.2 Å². The summed E-state index contributed by atoms with van der Waals surface area (Å²) in [6, 6.07) is 5.65. The van der Waals surface area contributed by atoms with Gasteiger partial charge in [0.15, 0.2) is 0 Å². The largest absolute Gasteiger partial charge is 0.337 e. The maximum Gasteiger partial charge on any atom is 0.255 e. The molecule has 1 N–H and O–H groups in total. The summed E-state index contributed by atoms with van der Waals surface area (Å²) in [6.45, 7) is 2.65. The van der Waals surface area contributed by atoms with Crippen LogP contribution >= 0.6 is 23.2 Å². The minimum absolute atomic E-state index is 0.0105. The highest BCUT2D eigenvalue weighted by Gasteiger charge is 2.37. The van der Waals surface area contributed by atoms with Gasteiger partial charge < -0.3 is 10.2 Å². The Morgan fingerprint density at radius 3 is 2.95 bits per heavy atom. The van der Waals surface area contributed by atoms with Crippen molar-refractivity contribution in [3.63, 3.8) is 0 Å². The van der Waals surface area contributed by atoms with Crippen LogP contribution in [0.3, 0.4) is 0 Å². The molecular formula is C14H16Cl2N2O. The first-order chi connectivity index (χ1) is 9.16. The normalized spacial score (nSPS) is 26.3. The van der Waals surface area contributed by atoms with Crippen molar-refractivity contribution in [1.29, 1.82) is 0 Å². The first-order valence-electron chi connectivity index (χ1n) is 6.63. The Morgan fingerprint density at radius 1 is 1.32 bits per heavy atom. The van der Waals surface area contributed by atoms with E-state index < -0.39 is 0 Å². The summed E-state index contributed by atoms with van der Waals surface area (Å²) in [7, 11) is 0. The van der Waals surface area contributed by atoms with Crippen molar-refractivity contribution in [1.82, 2.24) is 10.2 Å². The number of rotatable bonds is 1. The third kappa shape index (κ3) is 2.47. The summed E-state index contributed by atoms with van der Waals surface area (Å²) in [5.74, 6) is 0.569. The fourth-order valence-corrected chi connectivity index (χ4v) is 3.43. The van der Waals surface area contributed by atoms with Crippen LogP contribution in [0.5, 0.6) is 0 Å². The Hall–Kier alpha value is -0.770. The van der Waals surface area contributed by atoms with Crippen molar-refractivity contribution in [3.8, 4) is 0 Å². The second kappa shape index (κ2) is 5.31. The van der Waals surface area contributed by atoms with Gasteiger partial charge in [-0.2, -0.15) is 0 Å². The average Bonchev–Trinajstić information content (AvgIpc) is 2.85. The Bertz CT molecular complexity index is 492.